The fraction of sp³-hybridized carbons (Fsp3) is 0. The van der Waals surface area contributed by atoms with Gasteiger partial charge in [0.1, 0.15) is 4.60 Å². The second kappa shape index (κ2) is 4.02. The third kappa shape index (κ3) is 2.18. The lowest BCUT2D eigenvalue weighted by atomic mass is 10.1. The number of halogens is 3. The zero-order valence-corrected chi connectivity index (χ0v) is 9.00. The summed E-state index contributed by atoms with van der Waals surface area (Å²) in [5.41, 5.74) is 0.978. The topological polar surface area (TPSA) is 25.8 Å². The number of aromatic nitrogens is 2. The number of benzene rings is 1. The largest absolute Gasteiger partial charge is 0.260 e. The van der Waals surface area contributed by atoms with Gasteiger partial charge in [0.05, 0.1) is 18.1 Å². The zero-order chi connectivity index (χ0) is 10.8. The number of hydrogen-bond acceptors (Lipinski definition) is 2. The Labute approximate surface area is 93.1 Å². The molecule has 0 unspecified atom stereocenters. The van der Waals surface area contributed by atoms with Gasteiger partial charge in [-0.05, 0) is 34.1 Å². The molecule has 5 heteroatoms. The SMILES string of the molecule is Fc1ccc(-c2cncc(Br)n2)cc1F. The predicted octanol–water partition coefficient (Wildman–Crippen LogP) is 3.18. The molecule has 1 aromatic carbocycles. The molecular formula is C10H5BrF2N2. The van der Waals surface area contributed by atoms with Gasteiger partial charge in [0.15, 0.2) is 11.6 Å². The minimum atomic E-state index is -0.894. The van der Waals surface area contributed by atoms with Crippen LogP contribution in [0.3, 0.4) is 0 Å². The van der Waals surface area contributed by atoms with E-state index in [1.807, 2.05) is 0 Å². The Balaban J connectivity index is 2.50. The fourth-order valence-corrected chi connectivity index (χ4v) is 1.45. The van der Waals surface area contributed by atoms with Crippen molar-refractivity contribution in [2.45, 2.75) is 0 Å². The lowest BCUT2D eigenvalue weighted by Crippen LogP contribution is -1.89. The molecule has 0 aliphatic rings. The zero-order valence-electron chi connectivity index (χ0n) is 7.42. The Bertz CT molecular complexity index is 503. The molecule has 0 saturated carbocycles. The Morgan fingerprint density at radius 2 is 1.87 bits per heavy atom. The van der Waals surface area contributed by atoms with Crippen molar-refractivity contribution >= 4 is 15.9 Å². The number of nitrogens with zero attached hydrogens (tertiary/aromatic N) is 2. The van der Waals surface area contributed by atoms with Crippen LogP contribution in [-0.2, 0) is 0 Å². The molecule has 0 radical (unpaired) electrons. The summed E-state index contributed by atoms with van der Waals surface area (Å²) in [6, 6.07) is 3.61. The summed E-state index contributed by atoms with van der Waals surface area (Å²) in [6.07, 6.45) is 3.00. The molecule has 1 aromatic heterocycles. The van der Waals surface area contributed by atoms with Crippen LogP contribution in [-0.4, -0.2) is 9.97 Å². The predicted molar refractivity (Wildman–Crippen MR) is 55.1 cm³/mol. The lowest BCUT2D eigenvalue weighted by molar-refractivity contribution is 0.509. The molecule has 15 heavy (non-hydrogen) atoms. The second-order valence-electron chi connectivity index (χ2n) is 2.86. The Morgan fingerprint density at radius 3 is 2.53 bits per heavy atom. The van der Waals surface area contributed by atoms with E-state index >= 15 is 0 Å². The highest BCUT2D eigenvalue weighted by atomic mass is 79.9. The molecule has 0 N–H and O–H groups in total. The Kier molecular flexibility index (Phi) is 2.73. The summed E-state index contributed by atoms with van der Waals surface area (Å²) >= 11 is 3.15. The molecule has 0 fully saturated rings. The molecule has 76 valence electrons. The lowest BCUT2D eigenvalue weighted by Gasteiger charge is -2.01. The van der Waals surface area contributed by atoms with E-state index in [-0.39, 0.29) is 0 Å². The molecule has 0 aliphatic heterocycles. The molecule has 1 heterocycles. The van der Waals surface area contributed by atoms with Crippen LogP contribution in [0.4, 0.5) is 8.78 Å². The van der Waals surface area contributed by atoms with E-state index < -0.39 is 11.6 Å². The standard InChI is InChI=1S/C10H5BrF2N2/c11-10-5-14-4-9(15-10)6-1-2-7(12)8(13)3-6/h1-5H. The van der Waals surface area contributed by atoms with Gasteiger partial charge in [-0.15, -0.1) is 0 Å². The first-order valence-electron chi connectivity index (χ1n) is 4.10. The van der Waals surface area contributed by atoms with Crippen molar-refractivity contribution in [1.82, 2.24) is 9.97 Å². The van der Waals surface area contributed by atoms with Crippen LogP contribution in [0.1, 0.15) is 0 Å². The van der Waals surface area contributed by atoms with Crippen molar-refractivity contribution in [3.63, 3.8) is 0 Å². The third-order valence-corrected chi connectivity index (χ3v) is 2.20. The van der Waals surface area contributed by atoms with E-state index in [0.29, 0.717) is 15.9 Å². The highest BCUT2D eigenvalue weighted by Gasteiger charge is 2.05. The maximum Gasteiger partial charge on any atom is 0.159 e. The summed E-state index contributed by atoms with van der Waals surface area (Å²) in [6.45, 7) is 0. The number of hydrogen-bond donors (Lipinski definition) is 0. The molecule has 0 spiro atoms. The highest BCUT2D eigenvalue weighted by Crippen LogP contribution is 2.20. The van der Waals surface area contributed by atoms with Crippen LogP contribution >= 0.6 is 15.9 Å². The molecular weight excluding hydrogens is 266 g/mol. The maximum absolute atomic E-state index is 12.9. The highest BCUT2D eigenvalue weighted by molar-refractivity contribution is 9.10. The summed E-state index contributed by atoms with van der Waals surface area (Å²) in [7, 11) is 0. The van der Waals surface area contributed by atoms with E-state index in [1.165, 1.54) is 18.5 Å². The smallest absolute Gasteiger partial charge is 0.159 e. The van der Waals surface area contributed by atoms with Gasteiger partial charge in [-0.2, -0.15) is 0 Å². The van der Waals surface area contributed by atoms with Gasteiger partial charge in [-0.25, -0.2) is 13.8 Å². The van der Waals surface area contributed by atoms with Crippen LogP contribution in [0.15, 0.2) is 35.2 Å². The first-order chi connectivity index (χ1) is 7.16. The van der Waals surface area contributed by atoms with E-state index in [2.05, 4.69) is 25.9 Å². The molecule has 0 atom stereocenters. The summed E-state index contributed by atoms with van der Waals surface area (Å²) in [4.78, 5) is 7.97. The van der Waals surface area contributed by atoms with Crippen LogP contribution in [0.25, 0.3) is 11.3 Å². The third-order valence-electron chi connectivity index (χ3n) is 1.82. The van der Waals surface area contributed by atoms with E-state index in [0.717, 1.165) is 12.1 Å². The van der Waals surface area contributed by atoms with Crippen LogP contribution in [0.5, 0.6) is 0 Å². The van der Waals surface area contributed by atoms with Gasteiger partial charge in [-0.1, -0.05) is 0 Å². The summed E-state index contributed by atoms with van der Waals surface area (Å²) < 4.78 is 26.1. The average molecular weight is 271 g/mol. The minimum Gasteiger partial charge on any atom is -0.260 e. The van der Waals surface area contributed by atoms with Gasteiger partial charge in [0.2, 0.25) is 0 Å². The maximum atomic E-state index is 12.9. The van der Waals surface area contributed by atoms with E-state index in [9.17, 15) is 8.78 Å². The van der Waals surface area contributed by atoms with Crippen molar-refractivity contribution in [1.29, 1.82) is 0 Å². The summed E-state index contributed by atoms with van der Waals surface area (Å²) in [5, 5.41) is 0. The van der Waals surface area contributed by atoms with Gasteiger partial charge < -0.3 is 0 Å². The fourth-order valence-electron chi connectivity index (χ4n) is 1.14. The van der Waals surface area contributed by atoms with Crippen LogP contribution in [0, 0.1) is 11.6 Å². The molecule has 0 saturated heterocycles. The van der Waals surface area contributed by atoms with Crippen molar-refractivity contribution < 1.29 is 8.78 Å². The van der Waals surface area contributed by atoms with E-state index in [4.69, 9.17) is 0 Å². The van der Waals surface area contributed by atoms with Gasteiger partial charge in [-0.3, -0.25) is 4.98 Å². The quantitative estimate of drug-likeness (QED) is 0.796. The normalized spacial score (nSPS) is 10.3. The van der Waals surface area contributed by atoms with Crippen LogP contribution in [0.2, 0.25) is 0 Å². The van der Waals surface area contributed by atoms with E-state index in [1.54, 1.807) is 0 Å². The first kappa shape index (κ1) is 10.2. The van der Waals surface area contributed by atoms with Crippen molar-refractivity contribution in [3.8, 4) is 11.3 Å². The first-order valence-corrected chi connectivity index (χ1v) is 4.89. The molecule has 2 aromatic rings. The number of rotatable bonds is 1. The molecule has 0 bridgehead atoms. The minimum absolute atomic E-state index is 0.489. The van der Waals surface area contributed by atoms with Gasteiger partial charge in [0.25, 0.3) is 0 Å². The van der Waals surface area contributed by atoms with Crippen molar-refractivity contribution in [2.75, 3.05) is 0 Å². The molecule has 0 amide bonds. The van der Waals surface area contributed by atoms with Crippen LogP contribution < -0.4 is 0 Å². The second-order valence-corrected chi connectivity index (χ2v) is 3.67. The molecule has 2 nitrogen and oxygen atoms in total. The van der Waals surface area contributed by atoms with Crippen molar-refractivity contribution in [2.24, 2.45) is 0 Å². The average Bonchev–Trinajstić information content (AvgIpc) is 2.22. The Hall–Kier alpha value is -1.36. The van der Waals surface area contributed by atoms with Gasteiger partial charge in [0, 0.05) is 5.56 Å². The molecule has 0 aliphatic carbocycles. The summed E-state index contributed by atoms with van der Waals surface area (Å²) in [5.74, 6) is -1.77. The van der Waals surface area contributed by atoms with Crippen molar-refractivity contribution in [3.05, 3.63) is 46.8 Å². The molecule has 2 rings (SSSR count). The Morgan fingerprint density at radius 1 is 1.07 bits per heavy atom. The van der Waals surface area contributed by atoms with Gasteiger partial charge >= 0.3 is 0 Å². The monoisotopic (exact) mass is 270 g/mol.